The van der Waals surface area contributed by atoms with E-state index in [0.29, 0.717) is 12.8 Å². The van der Waals surface area contributed by atoms with Crippen molar-refractivity contribution in [3.63, 3.8) is 0 Å². The standard InChI is InChI=1S/C31H46N2O11/c1-8-9-10-11-12-13-21-25(44-29(36)19(4)5)20(6)43-31(38)22(16-40-30(21)37)33-27(34)24-26(23(39-7)14-15-32-24)41-17-42-28(35)18(2)3/h14-15,18-22,25H,8-13,16-17H2,1-7H3,(H,33,34)/t20-,21+,22-,25-/m0/s1. The monoisotopic (exact) mass is 622 g/mol. The molecule has 1 amide bonds. The van der Waals surface area contributed by atoms with Crippen LogP contribution in [0, 0.1) is 17.8 Å². The van der Waals surface area contributed by atoms with Crippen LogP contribution >= 0.6 is 0 Å². The van der Waals surface area contributed by atoms with Gasteiger partial charge >= 0.3 is 23.9 Å². The highest BCUT2D eigenvalue weighted by Crippen LogP contribution is 2.30. The number of rotatable bonds is 15. The number of nitrogens with zero attached hydrogens (tertiary/aromatic N) is 1. The smallest absolute Gasteiger partial charge is 0.332 e. The minimum Gasteiger partial charge on any atom is -0.493 e. The lowest BCUT2D eigenvalue weighted by molar-refractivity contribution is -0.177. The second kappa shape index (κ2) is 18.0. The van der Waals surface area contributed by atoms with Crippen LogP contribution in [0.1, 0.15) is 90.6 Å². The summed E-state index contributed by atoms with van der Waals surface area (Å²) >= 11 is 0. The fourth-order valence-corrected chi connectivity index (χ4v) is 4.37. The van der Waals surface area contributed by atoms with Gasteiger partial charge in [0.15, 0.2) is 29.3 Å². The Morgan fingerprint density at radius 3 is 2.34 bits per heavy atom. The Balaban J connectivity index is 2.27. The van der Waals surface area contributed by atoms with Crippen molar-refractivity contribution in [2.45, 2.75) is 98.3 Å². The molecule has 1 aliphatic rings. The van der Waals surface area contributed by atoms with E-state index in [-0.39, 0.29) is 17.2 Å². The van der Waals surface area contributed by atoms with Gasteiger partial charge in [0.2, 0.25) is 6.79 Å². The average molecular weight is 623 g/mol. The van der Waals surface area contributed by atoms with Crippen LogP contribution < -0.4 is 14.8 Å². The fourth-order valence-electron chi connectivity index (χ4n) is 4.37. The number of pyridine rings is 1. The van der Waals surface area contributed by atoms with Gasteiger partial charge in [0.25, 0.3) is 5.91 Å². The Morgan fingerprint density at radius 1 is 1.02 bits per heavy atom. The van der Waals surface area contributed by atoms with Crippen molar-refractivity contribution in [3.8, 4) is 11.5 Å². The molecule has 2 rings (SSSR count). The van der Waals surface area contributed by atoms with Crippen LogP contribution in [0.5, 0.6) is 11.5 Å². The Kier molecular flexibility index (Phi) is 14.9. The van der Waals surface area contributed by atoms with Crippen molar-refractivity contribution >= 4 is 29.8 Å². The van der Waals surface area contributed by atoms with Gasteiger partial charge in [-0.2, -0.15) is 0 Å². The number of cyclic esters (lactones) is 2. The molecule has 2 heterocycles. The molecule has 0 aliphatic carbocycles. The molecule has 1 saturated heterocycles. The zero-order valence-corrected chi connectivity index (χ0v) is 26.7. The van der Waals surface area contributed by atoms with E-state index in [9.17, 15) is 24.0 Å². The van der Waals surface area contributed by atoms with Crippen molar-refractivity contribution in [2.24, 2.45) is 17.8 Å². The van der Waals surface area contributed by atoms with Crippen molar-refractivity contribution in [2.75, 3.05) is 20.5 Å². The molecule has 44 heavy (non-hydrogen) atoms. The topological polar surface area (TPSA) is 166 Å². The molecule has 246 valence electrons. The van der Waals surface area contributed by atoms with E-state index in [1.165, 1.54) is 26.3 Å². The summed E-state index contributed by atoms with van der Waals surface area (Å²) in [7, 11) is 1.35. The predicted molar refractivity (Wildman–Crippen MR) is 157 cm³/mol. The largest absolute Gasteiger partial charge is 0.493 e. The van der Waals surface area contributed by atoms with Gasteiger partial charge in [-0.15, -0.1) is 0 Å². The lowest BCUT2D eigenvalue weighted by Crippen LogP contribution is -2.47. The number of unbranched alkanes of at least 4 members (excludes halogenated alkanes) is 4. The molecule has 0 spiro atoms. The maximum atomic E-state index is 13.3. The number of hydrogen-bond donors (Lipinski definition) is 1. The molecule has 13 nitrogen and oxygen atoms in total. The minimum absolute atomic E-state index is 0.124. The van der Waals surface area contributed by atoms with Crippen molar-refractivity contribution in [1.82, 2.24) is 10.3 Å². The van der Waals surface area contributed by atoms with Crippen molar-refractivity contribution in [3.05, 3.63) is 18.0 Å². The van der Waals surface area contributed by atoms with Crippen LogP contribution in [0.3, 0.4) is 0 Å². The summed E-state index contributed by atoms with van der Waals surface area (Å²) in [6, 6.07) is 0.0213. The molecule has 0 aromatic carbocycles. The zero-order valence-electron chi connectivity index (χ0n) is 26.7. The van der Waals surface area contributed by atoms with Crippen LogP contribution in [0.15, 0.2) is 12.3 Å². The Hall–Kier alpha value is -3.90. The summed E-state index contributed by atoms with van der Waals surface area (Å²) in [5.41, 5.74) is -0.273. The van der Waals surface area contributed by atoms with Crippen molar-refractivity contribution in [1.29, 1.82) is 0 Å². The Bertz CT molecular complexity index is 1140. The van der Waals surface area contributed by atoms with Gasteiger partial charge in [-0.3, -0.25) is 19.2 Å². The van der Waals surface area contributed by atoms with E-state index >= 15 is 0 Å². The molecular weight excluding hydrogens is 576 g/mol. The third-order valence-corrected chi connectivity index (χ3v) is 6.97. The van der Waals surface area contributed by atoms with Crippen LogP contribution in [0.25, 0.3) is 0 Å². The number of carbonyl (C=O) groups is 5. The fraction of sp³-hybridized carbons (Fsp3) is 0.677. The number of hydrogen-bond acceptors (Lipinski definition) is 12. The SMILES string of the molecule is CCCCCCC[C@H]1C(=O)OC[C@H](NC(=O)c2nccc(OC)c2OCOC(=O)C(C)C)C(=O)O[C@@H](C)[C@@H]1OC(=O)C(C)C. The van der Waals surface area contributed by atoms with Gasteiger partial charge in [-0.1, -0.05) is 66.7 Å². The third-order valence-electron chi connectivity index (χ3n) is 6.97. The minimum atomic E-state index is -1.42. The lowest BCUT2D eigenvalue weighted by Gasteiger charge is -2.29. The first kappa shape index (κ1) is 36.3. The normalized spacial score (nSPS) is 20.5. The number of nitrogens with one attached hydrogen (secondary N) is 1. The molecule has 1 aromatic rings. The highest BCUT2D eigenvalue weighted by Gasteiger charge is 2.42. The van der Waals surface area contributed by atoms with E-state index < -0.39 is 79.2 Å². The molecule has 0 unspecified atom stereocenters. The number of methoxy groups -OCH3 is 1. The summed E-state index contributed by atoms with van der Waals surface area (Å²) in [4.78, 5) is 68.3. The van der Waals surface area contributed by atoms with Gasteiger partial charge in [0.1, 0.15) is 12.7 Å². The van der Waals surface area contributed by atoms with Gasteiger partial charge in [0, 0.05) is 12.3 Å². The van der Waals surface area contributed by atoms with E-state index in [1.54, 1.807) is 27.7 Å². The molecule has 0 bridgehead atoms. The van der Waals surface area contributed by atoms with Crippen LogP contribution in [-0.2, 0) is 38.1 Å². The third kappa shape index (κ3) is 10.7. The second-order valence-electron chi connectivity index (χ2n) is 11.2. The lowest BCUT2D eigenvalue weighted by atomic mass is 9.91. The van der Waals surface area contributed by atoms with Crippen LogP contribution in [0.4, 0.5) is 0 Å². The first-order valence-electron chi connectivity index (χ1n) is 15.1. The Morgan fingerprint density at radius 2 is 1.70 bits per heavy atom. The molecule has 4 atom stereocenters. The zero-order chi connectivity index (χ0) is 32.8. The number of esters is 4. The molecule has 0 saturated carbocycles. The second-order valence-corrected chi connectivity index (χ2v) is 11.2. The highest BCUT2D eigenvalue weighted by molar-refractivity contribution is 5.98. The Labute approximate surface area is 258 Å². The number of aromatic nitrogens is 1. The molecule has 13 heteroatoms. The van der Waals surface area contributed by atoms with E-state index in [0.717, 1.165) is 25.7 Å². The maximum absolute atomic E-state index is 13.3. The summed E-state index contributed by atoms with van der Waals surface area (Å²) in [6.07, 6.45) is 4.26. The molecule has 1 fully saturated rings. The number of carbonyl (C=O) groups excluding carboxylic acids is 5. The van der Waals surface area contributed by atoms with E-state index in [1.807, 2.05) is 0 Å². The van der Waals surface area contributed by atoms with E-state index in [2.05, 4.69) is 17.2 Å². The summed E-state index contributed by atoms with van der Waals surface area (Å²) in [5.74, 6) is -5.23. The molecule has 1 aliphatic heterocycles. The number of amides is 1. The number of ether oxygens (including phenoxy) is 6. The van der Waals surface area contributed by atoms with Crippen LogP contribution in [-0.4, -0.2) is 73.5 Å². The molecule has 0 radical (unpaired) electrons. The molecular formula is C31H46N2O11. The van der Waals surface area contributed by atoms with Crippen molar-refractivity contribution < 1.29 is 52.4 Å². The van der Waals surface area contributed by atoms with Gasteiger partial charge in [-0.25, -0.2) is 9.78 Å². The van der Waals surface area contributed by atoms with Gasteiger partial charge < -0.3 is 33.7 Å². The quantitative estimate of drug-likeness (QED) is 0.130. The first-order valence-corrected chi connectivity index (χ1v) is 15.1. The average Bonchev–Trinajstić information content (AvgIpc) is 3.02. The van der Waals surface area contributed by atoms with Gasteiger partial charge in [-0.05, 0) is 13.3 Å². The molecule has 1 N–H and O–H groups in total. The van der Waals surface area contributed by atoms with Gasteiger partial charge in [0.05, 0.1) is 24.9 Å². The maximum Gasteiger partial charge on any atom is 0.332 e. The predicted octanol–water partition coefficient (Wildman–Crippen LogP) is 3.76. The molecule has 1 aromatic heterocycles. The highest BCUT2D eigenvalue weighted by atomic mass is 16.7. The first-order chi connectivity index (χ1) is 20.9. The summed E-state index contributed by atoms with van der Waals surface area (Å²) in [5, 5.41) is 2.48. The summed E-state index contributed by atoms with van der Waals surface area (Å²) < 4.78 is 32.6. The van der Waals surface area contributed by atoms with Crippen LogP contribution in [0.2, 0.25) is 0 Å². The summed E-state index contributed by atoms with van der Waals surface area (Å²) in [6.45, 7) is 9.23. The van der Waals surface area contributed by atoms with E-state index in [4.69, 9.17) is 28.4 Å².